The van der Waals surface area contributed by atoms with E-state index in [0.717, 1.165) is 28.2 Å². The highest BCUT2D eigenvalue weighted by Gasteiger charge is 2.29. The number of aromatic nitrogens is 4. The largest absolute Gasteiger partial charge is 0.444 e. The number of hydrogen-bond acceptors (Lipinski definition) is 5. The van der Waals surface area contributed by atoms with E-state index in [2.05, 4.69) is 16.8 Å². The van der Waals surface area contributed by atoms with Crippen molar-refractivity contribution in [3.63, 3.8) is 0 Å². The van der Waals surface area contributed by atoms with Gasteiger partial charge in [-0.15, -0.1) is 0 Å². The molecule has 7 heteroatoms. The Balaban J connectivity index is 2.01. The molecule has 0 fully saturated rings. The van der Waals surface area contributed by atoms with Crippen molar-refractivity contribution < 1.29 is 9.53 Å². The SMILES string of the molecule is C=C/C(=C\C)c1nc2c(c(-c3ccn[nH]3)n1)CCN(C(=O)OC(C)(C)C)C2. The average molecular weight is 367 g/mol. The predicted molar refractivity (Wildman–Crippen MR) is 104 cm³/mol. The van der Waals surface area contributed by atoms with Gasteiger partial charge in [0.2, 0.25) is 0 Å². The normalized spacial score (nSPS) is 14.7. The molecule has 142 valence electrons. The molecule has 0 saturated heterocycles. The topological polar surface area (TPSA) is 84.0 Å². The first-order valence-corrected chi connectivity index (χ1v) is 8.99. The van der Waals surface area contributed by atoms with Gasteiger partial charge in [-0.1, -0.05) is 18.7 Å². The second-order valence-corrected chi connectivity index (χ2v) is 7.39. The van der Waals surface area contributed by atoms with Crippen LogP contribution in [0, 0.1) is 0 Å². The van der Waals surface area contributed by atoms with Gasteiger partial charge in [0, 0.05) is 23.9 Å². The maximum atomic E-state index is 12.5. The number of carbonyl (C=O) groups excluding carboxylic acids is 1. The fourth-order valence-electron chi connectivity index (χ4n) is 2.99. The molecule has 0 bridgehead atoms. The van der Waals surface area contributed by atoms with Crippen LogP contribution in [0.15, 0.2) is 31.0 Å². The van der Waals surface area contributed by atoms with E-state index in [1.165, 1.54) is 0 Å². The van der Waals surface area contributed by atoms with Gasteiger partial charge in [-0.2, -0.15) is 5.10 Å². The summed E-state index contributed by atoms with van der Waals surface area (Å²) in [6, 6.07) is 1.88. The lowest BCUT2D eigenvalue weighted by Gasteiger charge is -2.31. The lowest BCUT2D eigenvalue weighted by atomic mass is 10.0. The Labute approximate surface area is 159 Å². The summed E-state index contributed by atoms with van der Waals surface area (Å²) in [6.45, 7) is 12.3. The Hall–Kier alpha value is -2.96. The molecule has 0 aromatic carbocycles. The molecule has 3 heterocycles. The van der Waals surface area contributed by atoms with Gasteiger partial charge in [-0.3, -0.25) is 5.10 Å². The van der Waals surface area contributed by atoms with E-state index >= 15 is 0 Å². The fourth-order valence-corrected chi connectivity index (χ4v) is 2.99. The van der Waals surface area contributed by atoms with Gasteiger partial charge >= 0.3 is 6.09 Å². The quantitative estimate of drug-likeness (QED) is 0.835. The summed E-state index contributed by atoms with van der Waals surface area (Å²) in [7, 11) is 0. The minimum Gasteiger partial charge on any atom is -0.444 e. The van der Waals surface area contributed by atoms with Gasteiger partial charge < -0.3 is 9.64 Å². The van der Waals surface area contributed by atoms with Crippen molar-refractivity contribution in [1.82, 2.24) is 25.1 Å². The first kappa shape index (κ1) is 18.8. The van der Waals surface area contributed by atoms with E-state index in [0.29, 0.717) is 25.3 Å². The Bertz CT molecular complexity index is 879. The van der Waals surface area contributed by atoms with Gasteiger partial charge in [-0.25, -0.2) is 14.8 Å². The number of fused-ring (bicyclic) bond motifs is 1. The van der Waals surface area contributed by atoms with E-state index < -0.39 is 5.60 Å². The minimum absolute atomic E-state index is 0.327. The monoisotopic (exact) mass is 367 g/mol. The second-order valence-electron chi connectivity index (χ2n) is 7.39. The van der Waals surface area contributed by atoms with Gasteiger partial charge in [0.1, 0.15) is 5.60 Å². The number of carbonyl (C=O) groups is 1. The van der Waals surface area contributed by atoms with Crippen LogP contribution in [0.3, 0.4) is 0 Å². The second kappa shape index (κ2) is 7.34. The summed E-state index contributed by atoms with van der Waals surface area (Å²) in [5.74, 6) is 0.585. The summed E-state index contributed by atoms with van der Waals surface area (Å²) >= 11 is 0. The highest BCUT2D eigenvalue weighted by Crippen LogP contribution is 2.29. The summed E-state index contributed by atoms with van der Waals surface area (Å²) in [6.07, 6.45) is 5.67. The standard InChI is InChI=1S/C20H25N5O2/c1-6-13(7-2)18-22-16-12-25(19(26)27-20(3,4)5)11-9-14(16)17(23-18)15-8-10-21-24-15/h6-8,10H,1,9,11-12H2,2-5H3,(H,21,24)/b13-7+. The predicted octanol–water partition coefficient (Wildman–Crippen LogP) is 3.75. The molecule has 1 aliphatic heterocycles. The molecule has 1 N–H and O–H groups in total. The number of allylic oxidation sites excluding steroid dienone is 3. The van der Waals surface area contributed by atoms with Crippen molar-refractivity contribution in [3.8, 4) is 11.4 Å². The third-order valence-corrected chi connectivity index (χ3v) is 4.26. The van der Waals surface area contributed by atoms with E-state index in [1.807, 2.05) is 39.8 Å². The van der Waals surface area contributed by atoms with Crippen LogP contribution in [-0.4, -0.2) is 43.3 Å². The van der Waals surface area contributed by atoms with Crippen LogP contribution in [-0.2, 0) is 17.7 Å². The molecule has 0 radical (unpaired) electrons. The zero-order valence-electron chi connectivity index (χ0n) is 16.2. The lowest BCUT2D eigenvalue weighted by molar-refractivity contribution is 0.0220. The number of H-pyrrole nitrogens is 1. The van der Waals surface area contributed by atoms with Crippen LogP contribution in [0.1, 0.15) is 44.8 Å². The van der Waals surface area contributed by atoms with Gasteiger partial charge in [-0.05, 0) is 40.2 Å². The number of nitrogens with zero attached hydrogens (tertiary/aromatic N) is 4. The molecule has 1 aliphatic rings. The number of rotatable bonds is 3. The Morgan fingerprint density at radius 3 is 2.74 bits per heavy atom. The zero-order chi connectivity index (χ0) is 19.6. The van der Waals surface area contributed by atoms with Crippen LogP contribution in [0.2, 0.25) is 0 Å². The van der Waals surface area contributed by atoms with E-state index in [4.69, 9.17) is 14.7 Å². The first-order valence-electron chi connectivity index (χ1n) is 8.99. The highest BCUT2D eigenvalue weighted by molar-refractivity contribution is 5.72. The molecule has 27 heavy (non-hydrogen) atoms. The van der Waals surface area contributed by atoms with Crippen LogP contribution in [0.4, 0.5) is 4.79 Å². The van der Waals surface area contributed by atoms with E-state index in [-0.39, 0.29) is 6.09 Å². The van der Waals surface area contributed by atoms with Crippen molar-refractivity contribution in [2.75, 3.05) is 6.54 Å². The molecule has 0 spiro atoms. The van der Waals surface area contributed by atoms with Gasteiger partial charge in [0.05, 0.1) is 23.6 Å². The molecule has 0 unspecified atom stereocenters. The van der Waals surface area contributed by atoms with Crippen molar-refractivity contribution in [3.05, 3.63) is 48.1 Å². The molecule has 1 amide bonds. The van der Waals surface area contributed by atoms with Crippen LogP contribution >= 0.6 is 0 Å². The summed E-state index contributed by atoms with van der Waals surface area (Å²) in [4.78, 5) is 23.6. The lowest BCUT2D eigenvalue weighted by Crippen LogP contribution is -2.40. The molecule has 2 aromatic heterocycles. The Kier molecular flexibility index (Phi) is 5.12. The Morgan fingerprint density at radius 1 is 1.37 bits per heavy atom. The summed E-state index contributed by atoms with van der Waals surface area (Å²) in [5.41, 5.74) is 3.81. The first-order chi connectivity index (χ1) is 12.8. The minimum atomic E-state index is -0.532. The van der Waals surface area contributed by atoms with Gasteiger partial charge in [0.25, 0.3) is 0 Å². The number of hydrogen-bond donors (Lipinski definition) is 1. The molecular weight excluding hydrogens is 342 g/mol. The third kappa shape index (κ3) is 4.07. The van der Waals surface area contributed by atoms with Gasteiger partial charge in [0.15, 0.2) is 5.82 Å². The van der Waals surface area contributed by atoms with Crippen LogP contribution in [0.25, 0.3) is 17.0 Å². The molecule has 3 rings (SSSR count). The molecular formula is C20H25N5O2. The summed E-state index contributed by atoms with van der Waals surface area (Å²) < 4.78 is 5.51. The molecule has 7 nitrogen and oxygen atoms in total. The number of amides is 1. The fraction of sp³-hybridized carbons (Fsp3) is 0.400. The number of nitrogens with one attached hydrogen (secondary N) is 1. The molecule has 0 saturated carbocycles. The summed E-state index contributed by atoms with van der Waals surface area (Å²) in [5, 5.41) is 7.02. The molecule has 0 atom stereocenters. The highest BCUT2D eigenvalue weighted by atomic mass is 16.6. The van der Waals surface area contributed by atoms with Crippen molar-refractivity contribution in [1.29, 1.82) is 0 Å². The van der Waals surface area contributed by atoms with E-state index in [1.54, 1.807) is 17.2 Å². The zero-order valence-corrected chi connectivity index (χ0v) is 16.2. The van der Waals surface area contributed by atoms with Crippen LogP contribution < -0.4 is 0 Å². The number of aromatic amines is 1. The third-order valence-electron chi connectivity index (χ3n) is 4.26. The maximum absolute atomic E-state index is 12.5. The van der Waals surface area contributed by atoms with Crippen LogP contribution in [0.5, 0.6) is 0 Å². The molecule has 0 aliphatic carbocycles. The smallest absolute Gasteiger partial charge is 0.410 e. The Morgan fingerprint density at radius 2 is 2.15 bits per heavy atom. The maximum Gasteiger partial charge on any atom is 0.410 e. The number of ether oxygens (including phenoxy) is 1. The van der Waals surface area contributed by atoms with Crippen molar-refractivity contribution >= 4 is 11.7 Å². The molecule has 2 aromatic rings. The van der Waals surface area contributed by atoms with Crippen molar-refractivity contribution in [2.24, 2.45) is 0 Å². The van der Waals surface area contributed by atoms with Crippen molar-refractivity contribution in [2.45, 2.75) is 46.3 Å². The average Bonchev–Trinajstić information content (AvgIpc) is 3.14. The van der Waals surface area contributed by atoms with E-state index in [9.17, 15) is 4.79 Å².